The number of aliphatic hydroxyl groups is 1. The molecule has 2 fully saturated rings. The number of rotatable bonds is 2. The summed E-state index contributed by atoms with van der Waals surface area (Å²) in [4.78, 5) is 0. The molecule has 0 aromatic rings. The Morgan fingerprint density at radius 3 is 2.82 bits per heavy atom. The minimum atomic E-state index is 0.317. The molecule has 64 valence electrons. The van der Waals surface area contributed by atoms with E-state index in [1.165, 1.54) is 19.3 Å². The standard InChI is InChI=1S/C9H16O2/c1-6(5-10)8-4-7-2-3-9(8)11-7/h6-10H,2-5H2,1H3. The van der Waals surface area contributed by atoms with Gasteiger partial charge in [-0.15, -0.1) is 0 Å². The zero-order chi connectivity index (χ0) is 7.84. The monoisotopic (exact) mass is 156 g/mol. The topological polar surface area (TPSA) is 29.5 Å². The Balaban J connectivity index is 1.96. The van der Waals surface area contributed by atoms with E-state index in [2.05, 4.69) is 6.92 Å². The summed E-state index contributed by atoms with van der Waals surface area (Å²) in [5, 5.41) is 8.97. The number of fused-ring (bicyclic) bond motifs is 2. The molecule has 2 nitrogen and oxygen atoms in total. The minimum Gasteiger partial charge on any atom is -0.396 e. The largest absolute Gasteiger partial charge is 0.396 e. The molecule has 0 spiro atoms. The third-order valence-corrected chi connectivity index (χ3v) is 3.17. The van der Waals surface area contributed by atoms with Gasteiger partial charge in [0, 0.05) is 6.61 Å². The summed E-state index contributed by atoms with van der Waals surface area (Å²) >= 11 is 0. The first kappa shape index (κ1) is 7.56. The van der Waals surface area contributed by atoms with Crippen molar-refractivity contribution in [3.63, 3.8) is 0 Å². The minimum absolute atomic E-state index is 0.317. The van der Waals surface area contributed by atoms with Crippen molar-refractivity contribution in [2.75, 3.05) is 6.61 Å². The molecule has 0 aromatic heterocycles. The lowest BCUT2D eigenvalue weighted by molar-refractivity contribution is 0.0733. The van der Waals surface area contributed by atoms with Crippen LogP contribution in [0.1, 0.15) is 26.2 Å². The summed E-state index contributed by atoms with van der Waals surface area (Å²) in [7, 11) is 0. The van der Waals surface area contributed by atoms with E-state index in [-0.39, 0.29) is 0 Å². The third-order valence-electron chi connectivity index (χ3n) is 3.17. The van der Waals surface area contributed by atoms with Gasteiger partial charge in [0.1, 0.15) is 0 Å². The fourth-order valence-corrected chi connectivity index (χ4v) is 2.41. The lowest BCUT2D eigenvalue weighted by Gasteiger charge is -2.23. The molecule has 2 bridgehead atoms. The summed E-state index contributed by atoms with van der Waals surface area (Å²) in [6.45, 7) is 2.44. The predicted octanol–water partition coefficient (Wildman–Crippen LogP) is 1.18. The van der Waals surface area contributed by atoms with Gasteiger partial charge >= 0.3 is 0 Å². The molecule has 4 atom stereocenters. The van der Waals surface area contributed by atoms with E-state index >= 15 is 0 Å². The van der Waals surface area contributed by atoms with Crippen LogP contribution in [0.5, 0.6) is 0 Å². The van der Waals surface area contributed by atoms with Gasteiger partial charge in [0.05, 0.1) is 12.2 Å². The Labute approximate surface area is 67.6 Å². The second kappa shape index (κ2) is 2.76. The highest BCUT2D eigenvalue weighted by Gasteiger charge is 2.42. The third kappa shape index (κ3) is 1.18. The molecular formula is C9H16O2. The van der Waals surface area contributed by atoms with Gasteiger partial charge in [0.2, 0.25) is 0 Å². The van der Waals surface area contributed by atoms with Gasteiger partial charge in [-0.3, -0.25) is 0 Å². The van der Waals surface area contributed by atoms with Gasteiger partial charge in [-0.25, -0.2) is 0 Å². The van der Waals surface area contributed by atoms with Crippen LogP contribution in [-0.4, -0.2) is 23.9 Å². The molecule has 0 aliphatic carbocycles. The van der Waals surface area contributed by atoms with Crippen molar-refractivity contribution in [2.24, 2.45) is 11.8 Å². The zero-order valence-electron chi connectivity index (χ0n) is 6.99. The molecule has 0 saturated carbocycles. The normalized spacial score (nSPS) is 44.7. The SMILES string of the molecule is CC(CO)C1CC2CCC1O2. The highest BCUT2D eigenvalue weighted by atomic mass is 16.5. The maximum Gasteiger partial charge on any atom is 0.0612 e. The first-order chi connectivity index (χ1) is 5.31. The van der Waals surface area contributed by atoms with Crippen LogP contribution in [0.4, 0.5) is 0 Å². The molecule has 11 heavy (non-hydrogen) atoms. The fourth-order valence-electron chi connectivity index (χ4n) is 2.41. The molecule has 2 rings (SSSR count). The summed E-state index contributed by atoms with van der Waals surface area (Å²) in [6, 6.07) is 0. The first-order valence-electron chi connectivity index (χ1n) is 4.57. The van der Waals surface area contributed by atoms with E-state index in [1.54, 1.807) is 0 Å². The Bertz CT molecular complexity index is 146. The predicted molar refractivity (Wildman–Crippen MR) is 42.3 cm³/mol. The van der Waals surface area contributed by atoms with E-state index < -0.39 is 0 Å². The Kier molecular flexibility index (Phi) is 1.90. The molecule has 2 heteroatoms. The Morgan fingerprint density at radius 1 is 1.55 bits per heavy atom. The molecule has 0 amide bonds. The van der Waals surface area contributed by atoms with Gasteiger partial charge in [0.25, 0.3) is 0 Å². The molecule has 2 aliphatic heterocycles. The summed E-state index contributed by atoms with van der Waals surface area (Å²) in [5.74, 6) is 1.07. The molecule has 2 aliphatic rings. The van der Waals surface area contributed by atoms with Crippen LogP contribution in [0.3, 0.4) is 0 Å². The highest BCUT2D eigenvalue weighted by Crippen LogP contribution is 2.42. The van der Waals surface area contributed by atoms with E-state index in [0.717, 1.165) is 0 Å². The summed E-state index contributed by atoms with van der Waals surface area (Å²) in [5.41, 5.74) is 0. The van der Waals surface area contributed by atoms with Crippen LogP contribution in [0.15, 0.2) is 0 Å². The quantitative estimate of drug-likeness (QED) is 0.650. The Morgan fingerprint density at radius 2 is 2.36 bits per heavy atom. The van der Waals surface area contributed by atoms with Crippen molar-refractivity contribution in [1.82, 2.24) is 0 Å². The van der Waals surface area contributed by atoms with E-state index in [4.69, 9.17) is 9.84 Å². The van der Waals surface area contributed by atoms with Gasteiger partial charge in [-0.1, -0.05) is 6.92 Å². The van der Waals surface area contributed by atoms with Crippen LogP contribution in [-0.2, 0) is 4.74 Å². The van der Waals surface area contributed by atoms with Gasteiger partial charge in [-0.2, -0.15) is 0 Å². The van der Waals surface area contributed by atoms with Crippen molar-refractivity contribution in [2.45, 2.75) is 38.4 Å². The Hall–Kier alpha value is -0.0800. The molecule has 0 radical (unpaired) electrons. The lowest BCUT2D eigenvalue weighted by Crippen LogP contribution is -2.25. The average molecular weight is 156 g/mol. The van der Waals surface area contributed by atoms with Crippen LogP contribution in [0.2, 0.25) is 0 Å². The lowest BCUT2D eigenvalue weighted by atomic mass is 9.81. The van der Waals surface area contributed by atoms with Gasteiger partial charge < -0.3 is 9.84 Å². The molecular weight excluding hydrogens is 140 g/mol. The van der Waals surface area contributed by atoms with Crippen molar-refractivity contribution in [3.8, 4) is 0 Å². The second-order valence-corrected chi connectivity index (χ2v) is 3.93. The number of ether oxygens (including phenoxy) is 1. The van der Waals surface area contributed by atoms with Gasteiger partial charge in [-0.05, 0) is 31.1 Å². The molecule has 1 N–H and O–H groups in total. The maximum atomic E-state index is 8.97. The smallest absolute Gasteiger partial charge is 0.0612 e. The number of hydrogen-bond acceptors (Lipinski definition) is 2. The van der Waals surface area contributed by atoms with Crippen LogP contribution < -0.4 is 0 Å². The van der Waals surface area contributed by atoms with E-state index in [0.29, 0.717) is 30.7 Å². The number of aliphatic hydroxyl groups excluding tert-OH is 1. The summed E-state index contributed by atoms with van der Waals surface area (Å²) in [6.07, 6.45) is 4.66. The second-order valence-electron chi connectivity index (χ2n) is 3.93. The van der Waals surface area contributed by atoms with Crippen LogP contribution in [0.25, 0.3) is 0 Å². The zero-order valence-corrected chi connectivity index (χ0v) is 6.99. The highest BCUT2D eigenvalue weighted by molar-refractivity contribution is 4.91. The summed E-state index contributed by atoms with van der Waals surface area (Å²) < 4.78 is 5.70. The van der Waals surface area contributed by atoms with Crippen LogP contribution in [0, 0.1) is 11.8 Å². The van der Waals surface area contributed by atoms with Crippen LogP contribution >= 0.6 is 0 Å². The maximum absolute atomic E-state index is 8.97. The molecule has 0 aromatic carbocycles. The van der Waals surface area contributed by atoms with E-state index in [1.807, 2.05) is 0 Å². The van der Waals surface area contributed by atoms with Crippen molar-refractivity contribution in [1.29, 1.82) is 0 Å². The van der Waals surface area contributed by atoms with Crippen molar-refractivity contribution in [3.05, 3.63) is 0 Å². The number of hydrogen-bond donors (Lipinski definition) is 1. The fraction of sp³-hybridized carbons (Fsp3) is 1.00. The van der Waals surface area contributed by atoms with Crippen molar-refractivity contribution >= 4 is 0 Å². The van der Waals surface area contributed by atoms with Gasteiger partial charge in [0.15, 0.2) is 0 Å². The molecule has 2 saturated heterocycles. The molecule has 4 unspecified atom stereocenters. The van der Waals surface area contributed by atoms with E-state index in [9.17, 15) is 0 Å². The first-order valence-corrected chi connectivity index (χ1v) is 4.57. The average Bonchev–Trinajstić information content (AvgIpc) is 2.62. The molecule has 2 heterocycles. The van der Waals surface area contributed by atoms with Crippen molar-refractivity contribution < 1.29 is 9.84 Å².